The van der Waals surface area contributed by atoms with Crippen LogP contribution in [0.1, 0.15) is 52.2 Å². The van der Waals surface area contributed by atoms with Crippen molar-refractivity contribution in [2.24, 2.45) is 5.92 Å². The van der Waals surface area contributed by atoms with Crippen LogP contribution in [-0.2, 0) is 9.59 Å². The Morgan fingerprint density at radius 3 is 1.61 bits per heavy atom. The van der Waals surface area contributed by atoms with Gasteiger partial charge in [-0.05, 0) is 93.8 Å². The number of carbonyl (C=O) groups excluding carboxylic acids is 2. The van der Waals surface area contributed by atoms with Gasteiger partial charge in [0.25, 0.3) is 0 Å². The van der Waals surface area contributed by atoms with E-state index in [1.807, 2.05) is 24.3 Å². The van der Waals surface area contributed by atoms with E-state index < -0.39 is 5.92 Å². The molecule has 2 aromatic rings. The lowest BCUT2D eigenvalue weighted by Gasteiger charge is -2.20. The second-order valence-corrected chi connectivity index (χ2v) is 7.84. The van der Waals surface area contributed by atoms with E-state index in [1.165, 1.54) is 12.2 Å². The Bertz CT molecular complexity index is 945. The number of rotatable bonds is 13. The van der Waals surface area contributed by atoms with Gasteiger partial charge in [-0.1, -0.05) is 6.92 Å². The van der Waals surface area contributed by atoms with Crippen molar-refractivity contribution in [3.8, 4) is 0 Å². The van der Waals surface area contributed by atoms with Gasteiger partial charge in [-0.2, -0.15) is 0 Å². The summed E-state index contributed by atoms with van der Waals surface area (Å²) in [6.07, 6.45) is 10.9. The van der Waals surface area contributed by atoms with Gasteiger partial charge in [0.1, 0.15) is 11.6 Å². The smallest absolute Gasteiger partial charge is 0.166 e. The Morgan fingerprint density at radius 1 is 0.788 bits per heavy atom. The van der Waals surface area contributed by atoms with Crippen molar-refractivity contribution < 1.29 is 9.59 Å². The Kier molecular flexibility index (Phi) is 10.5. The molecule has 0 bridgehead atoms. The van der Waals surface area contributed by atoms with Gasteiger partial charge in [-0.15, -0.1) is 0 Å². The van der Waals surface area contributed by atoms with Crippen molar-refractivity contribution in [2.45, 2.75) is 41.0 Å². The molecular weight excluding hydrogens is 412 g/mol. The zero-order chi connectivity index (χ0) is 24.2. The minimum atomic E-state index is -0.743. The molecule has 0 N–H and O–H groups in total. The van der Waals surface area contributed by atoms with E-state index in [4.69, 9.17) is 0 Å². The summed E-state index contributed by atoms with van der Waals surface area (Å²) < 4.78 is 0. The Balaban J connectivity index is 1.95. The molecule has 176 valence electrons. The first-order valence-corrected chi connectivity index (χ1v) is 11.8. The minimum absolute atomic E-state index is 0.232. The van der Waals surface area contributed by atoms with Crippen LogP contribution in [0.4, 0.5) is 11.6 Å². The van der Waals surface area contributed by atoms with Crippen molar-refractivity contribution in [3.63, 3.8) is 0 Å². The third-order valence-electron chi connectivity index (χ3n) is 5.56. The standard InChI is InChI=1S/C27H36N4O2/c1-6-18-31(9-4)27-17-13-23(20-29-27)11-15-25(33)21(5)24(32)14-10-22-12-16-26(28-19-22)30(7-2)8-3/h10-17,19-21H,6-9,18H2,1-5H3/b14-10+,15-11+. The molecule has 2 heterocycles. The molecule has 6 nitrogen and oxygen atoms in total. The van der Waals surface area contributed by atoms with E-state index >= 15 is 0 Å². The Morgan fingerprint density at radius 2 is 1.24 bits per heavy atom. The van der Waals surface area contributed by atoms with Crippen molar-refractivity contribution in [2.75, 3.05) is 36.0 Å². The summed E-state index contributed by atoms with van der Waals surface area (Å²) in [6.45, 7) is 13.7. The molecule has 2 aromatic heterocycles. The van der Waals surface area contributed by atoms with Crippen molar-refractivity contribution in [3.05, 3.63) is 59.9 Å². The van der Waals surface area contributed by atoms with Crippen LogP contribution in [0.5, 0.6) is 0 Å². The van der Waals surface area contributed by atoms with Crippen molar-refractivity contribution in [1.82, 2.24) is 9.97 Å². The largest absolute Gasteiger partial charge is 0.357 e. The molecule has 0 aliphatic rings. The topological polar surface area (TPSA) is 66.4 Å². The maximum atomic E-state index is 12.5. The zero-order valence-electron chi connectivity index (χ0n) is 20.5. The highest BCUT2D eigenvalue weighted by atomic mass is 16.1. The minimum Gasteiger partial charge on any atom is -0.357 e. The number of allylic oxidation sites excluding steroid dienone is 2. The third kappa shape index (κ3) is 7.67. The lowest BCUT2D eigenvalue weighted by molar-refractivity contribution is -0.126. The fourth-order valence-corrected chi connectivity index (χ4v) is 3.40. The van der Waals surface area contributed by atoms with Gasteiger partial charge in [-0.3, -0.25) is 9.59 Å². The number of carbonyl (C=O) groups is 2. The molecule has 0 saturated carbocycles. The second-order valence-electron chi connectivity index (χ2n) is 7.84. The fraction of sp³-hybridized carbons (Fsp3) is 0.407. The normalized spacial score (nSPS) is 12.3. The number of aromatic nitrogens is 2. The highest BCUT2D eigenvalue weighted by Gasteiger charge is 2.16. The van der Waals surface area contributed by atoms with E-state index in [-0.39, 0.29) is 11.6 Å². The number of nitrogens with zero attached hydrogens (tertiary/aromatic N) is 4. The first-order valence-electron chi connectivity index (χ1n) is 11.8. The predicted octanol–water partition coefficient (Wildman–Crippen LogP) is 5.06. The molecule has 6 heteroatoms. The van der Waals surface area contributed by atoms with Crippen LogP contribution < -0.4 is 9.80 Å². The number of ketones is 2. The van der Waals surface area contributed by atoms with Gasteiger partial charge in [0, 0.05) is 38.6 Å². The van der Waals surface area contributed by atoms with Crippen LogP contribution in [0.15, 0.2) is 48.8 Å². The number of hydrogen-bond donors (Lipinski definition) is 0. The maximum absolute atomic E-state index is 12.5. The van der Waals surface area contributed by atoms with Gasteiger partial charge in [0.05, 0.1) is 5.92 Å². The maximum Gasteiger partial charge on any atom is 0.166 e. The average molecular weight is 449 g/mol. The van der Waals surface area contributed by atoms with Gasteiger partial charge in [0.15, 0.2) is 11.6 Å². The molecule has 2 rings (SSSR count). The molecule has 0 radical (unpaired) electrons. The molecule has 0 saturated heterocycles. The lowest BCUT2D eigenvalue weighted by atomic mass is 9.99. The van der Waals surface area contributed by atoms with E-state index in [9.17, 15) is 9.59 Å². The lowest BCUT2D eigenvalue weighted by Crippen LogP contribution is -2.24. The number of anilines is 2. The van der Waals surface area contributed by atoms with E-state index in [1.54, 1.807) is 31.5 Å². The van der Waals surface area contributed by atoms with E-state index in [0.29, 0.717) is 0 Å². The summed E-state index contributed by atoms with van der Waals surface area (Å²) in [7, 11) is 0. The zero-order valence-corrected chi connectivity index (χ0v) is 20.5. The second kappa shape index (κ2) is 13.3. The first-order chi connectivity index (χ1) is 15.9. The van der Waals surface area contributed by atoms with Gasteiger partial charge in [0.2, 0.25) is 0 Å². The average Bonchev–Trinajstić information content (AvgIpc) is 2.85. The molecular formula is C27H36N4O2. The molecule has 0 aliphatic heterocycles. The molecule has 0 aliphatic carbocycles. The van der Waals surface area contributed by atoms with E-state index in [0.717, 1.165) is 55.4 Å². The van der Waals surface area contributed by atoms with Crippen LogP contribution >= 0.6 is 0 Å². The monoisotopic (exact) mass is 448 g/mol. The molecule has 0 fully saturated rings. The summed E-state index contributed by atoms with van der Waals surface area (Å²) in [5.41, 5.74) is 1.65. The van der Waals surface area contributed by atoms with E-state index in [2.05, 4.69) is 47.5 Å². The van der Waals surface area contributed by atoms with Crippen molar-refractivity contribution >= 4 is 35.4 Å². The van der Waals surface area contributed by atoms with Crippen molar-refractivity contribution in [1.29, 1.82) is 0 Å². The van der Waals surface area contributed by atoms with Crippen LogP contribution in [-0.4, -0.2) is 47.7 Å². The van der Waals surface area contributed by atoms with Gasteiger partial charge >= 0.3 is 0 Å². The third-order valence-corrected chi connectivity index (χ3v) is 5.56. The molecule has 0 spiro atoms. The van der Waals surface area contributed by atoms with Crippen LogP contribution in [0, 0.1) is 5.92 Å². The molecule has 0 amide bonds. The highest BCUT2D eigenvalue weighted by Crippen LogP contribution is 2.14. The molecule has 1 unspecified atom stereocenters. The molecule has 33 heavy (non-hydrogen) atoms. The quantitative estimate of drug-likeness (QED) is 0.315. The summed E-state index contributed by atoms with van der Waals surface area (Å²) in [6, 6.07) is 7.76. The summed E-state index contributed by atoms with van der Waals surface area (Å²) >= 11 is 0. The molecule has 0 aromatic carbocycles. The first kappa shape index (κ1) is 26.0. The van der Waals surface area contributed by atoms with Gasteiger partial charge in [-0.25, -0.2) is 9.97 Å². The van der Waals surface area contributed by atoms with Crippen LogP contribution in [0.2, 0.25) is 0 Å². The summed E-state index contributed by atoms with van der Waals surface area (Å²) in [5.74, 6) is 0.630. The SMILES string of the molecule is CCCN(CC)c1ccc(/C=C/C(=O)C(C)C(=O)/C=C/c2ccc(N(CC)CC)nc2)cn1. The van der Waals surface area contributed by atoms with Crippen LogP contribution in [0.25, 0.3) is 12.2 Å². The molecule has 1 atom stereocenters. The van der Waals surface area contributed by atoms with Gasteiger partial charge < -0.3 is 9.80 Å². The highest BCUT2D eigenvalue weighted by molar-refractivity contribution is 6.13. The van der Waals surface area contributed by atoms with Crippen LogP contribution in [0.3, 0.4) is 0 Å². The predicted molar refractivity (Wildman–Crippen MR) is 137 cm³/mol. The number of hydrogen-bond acceptors (Lipinski definition) is 6. The Hall–Kier alpha value is -3.28. The number of pyridine rings is 2. The summed E-state index contributed by atoms with van der Waals surface area (Å²) in [4.78, 5) is 38.2. The fourth-order valence-electron chi connectivity index (χ4n) is 3.40. The summed E-state index contributed by atoms with van der Waals surface area (Å²) in [5, 5.41) is 0. The Labute approximate surface area is 198 Å².